The molecule has 32 heteroatoms. The highest BCUT2D eigenvalue weighted by Gasteiger charge is 2.21. The van der Waals surface area contributed by atoms with Gasteiger partial charge in [0.25, 0.3) is 6.43 Å². The van der Waals surface area contributed by atoms with Crippen LogP contribution in [0.15, 0.2) is 245 Å². The lowest BCUT2D eigenvalue weighted by molar-refractivity contribution is 0.0976. The number of nitrogens with zero attached hydrogens (tertiary/aromatic N) is 19. The number of aromatic nitrogens is 19. The summed E-state index contributed by atoms with van der Waals surface area (Å²) in [5, 5.41) is 0. The highest BCUT2D eigenvalue weighted by molar-refractivity contribution is 5.98. The van der Waals surface area contributed by atoms with E-state index in [1.807, 2.05) is 116 Å². The Labute approximate surface area is 704 Å². The number of Topliss-reactive ketones (excluding diaryl/α,β-unsaturated/α-hetero) is 5. The molecule has 15 aromatic rings. The Kier molecular flexibility index (Phi) is 31.1. The highest BCUT2D eigenvalue weighted by Crippen LogP contribution is 2.30. The maximum Gasteiger partial charge on any atom is 0.280 e. The van der Waals surface area contributed by atoms with Gasteiger partial charge in [-0.05, 0) is 121 Å². The zero-order valence-corrected chi connectivity index (χ0v) is 67.9. The standard InChI is InChI=1S/C19H16FN3O2.C18H14F2N4O2.3C18H16N4O2/c1-12-4-3-5-15(22-12)8-19(24)18-9-16(6-13(2)23-18)25-17-7-14(20)10-21-11-17;1-11-2-3-12(23-7-11)4-17(25)15-5-13(6-16(24-15)18(19)20)26-14-8-21-10-22-9-14;2*1-12-3-4-14(21-8-12)6-18(23)17-7-15(5-13(2)22-17)24-16-9-19-11-20-10-16;1-12-4-3-5-14(21-12)7-18(23)17-8-15(6-13(2)22-17)24-16-9-19-11-20-10-16/h3-7,9-11H,8H2,1-2H3;2-3,5-10,18H,4H2,1H3;2*3-5,7-11H,6H2,1-2H3;3-6,8-11H,7H2,1-2H3. The largest absolute Gasteiger partial charge is 0.455 e. The van der Waals surface area contributed by atoms with E-state index >= 15 is 0 Å². The molecule has 15 rings (SSSR count). The summed E-state index contributed by atoms with van der Waals surface area (Å²) in [6.45, 7) is 16.8. The predicted molar refractivity (Wildman–Crippen MR) is 443 cm³/mol. The molecule has 0 aromatic carbocycles. The van der Waals surface area contributed by atoms with Crippen LogP contribution in [0.4, 0.5) is 13.2 Å². The van der Waals surface area contributed by atoms with Crippen LogP contribution in [0.1, 0.15) is 144 Å². The van der Waals surface area contributed by atoms with Crippen LogP contribution in [-0.4, -0.2) is 124 Å². The lowest BCUT2D eigenvalue weighted by Crippen LogP contribution is -2.09. The molecule has 15 aromatic heterocycles. The minimum Gasteiger partial charge on any atom is -0.455 e. The monoisotopic (exact) mass is 1650 g/mol. The number of alkyl halides is 2. The number of carbonyl (C=O) groups excluding carboxylic acids is 5. The van der Waals surface area contributed by atoms with Crippen molar-refractivity contribution in [3.8, 4) is 57.5 Å². The number of hydrogen-bond donors (Lipinski definition) is 0. The Balaban J connectivity index is 0.000000150. The van der Waals surface area contributed by atoms with Crippen LogP contribution >= 0.6 is 0 Å². The first-order chi connectivity index (χ1) is 59.3. The number of halogens is 3. The van der Waals surface area contributed by atoms with Gasteiger partial charge in [-0.15, -0.1) is 0 Å². The zero-order valence-electron chi connectivity index (χ0n) is 67.9. The predicted octanol–water partition coefficient (Wildman–Crippen LogP) is 16.9. The molecule has 0 unspecified atom stereocenters. The molecular weight excluding hydrogens is 1580 g/mol. The molecule has 15 heterocycles. The van der Waals surface area contributed by atoms with E-state index in [1.165, 1.54) is 62.1 Å². The molecule has 618 valence electrons. The van der Waals surface area contributed by atoms with E-state index in [9.17, 15) is 37.1 Å². The van der Waals surface area contributed by atoms with Crippen LogP contribution in [0.2, 0.25) is 0 Å². The maximum absolute atomic E-state index is 13.2. The molecule has 0 aliphatic carbocycles. The number of ketones is 5. The summed E-state index contributed by atoms with van der Waals surface area (Å²) in [6.07, 6.45) is 23.2. The summed E-state index contributed by atoms with van der Waals surface area (Å²) in [6, 6.07) is 39.2. The Morgan fingerprint density at radius 2 is 0.545 bits per heavy atom. The van der Waals surface area contributed by atoms with Crippen molar-refractivity contribution in [2.24, 2.45) is 0 Å². The molecular formula is C91H78F3N19O10. The third-order valence-corrected chi connectivity index (χ3v) is 16.7. The first-order valence-corrected chi connectivity index (χ1v) is 37.8. The Hall–Kier alpha value is -15.9. The van der Waals surface area contributed by atoms with Crippen molar-refractivity contribution in [3.63, 3.8) is 0 Å². The quantitative estimate of drug-likeness (QED) is 0.0454. The van der Waals surface area contributed by atoms with Gasteiger partial charge in [-0.3, -0.25) is 53.9 Å². The minimum atomic E-state index is -2.84. The van der Waals surface area contributed by atoms with Crippen LogP contribution in [0.3, 0.4) is 0 Å². The fourth-order valence-electron chi connectivity index (χ4n) is 11.2. The van der Waals surface area contributed by atoms with E-state index < -0.39 is 23.7 Å². The van der Waals surface area contributed by atoms with E-state index in [2.05, 4.69) is 94.7 Å². The molecule has 0 saturated heterocycles. The second-order valence-electron chi connectivity index (χ2n) is 27.4. The second-order valence-corrected chi connectivity index (χ2v) is 27.4. The third kappa shape index (κ3) is 28.7. The molecule has 0 saturated carbocycles. The fraction of sp³-hybridized carbons (Fsp3) is 0.165. The van der Waals surface area contributed by atoms with Crippen molar-refractivity contribution < 1.29 is 60.8 Å². The Bertz CT molecular complexity index is 5980. The van der Waals surface area contributed by atoms with Gasteiger partial charge in [0, 0.05) is 148 Å². The highest BCUT2D eigenvalue weighted by atomic mass is 19.3. The van der Waals surface area contributed by atoms with Gasteiger partial charge in [0.05, 0.1) is 94.1 Å². The molecule has 0 radical (unpaired) electrons. The molecule has 0 fully saturated rings. The van der Waals surface area contributed by atoms with Gasteiger partial charge in [-0.25, -0.2) is 78.0 Å². The first-order valence-electron chi connectivity index (χ1n) is 37.8. The second kappa shape index (κ2) is 43.5. The molecule has 0 amide bonds. The molecule has 123 heavy (non-hydrogen) atoms. The van der Waals surface area contributed by atoms with Gasteiger partial charge < -0.3 is 23.7 Å². The van der Waals surface area contributed by atoms with Crippen LogP contribution in [0.5, 0.6) is 57.5 Å². The number of aryl methyl sites for hydroxylation is 9. The van der Waals surface area contributed by atoms with Crippen molar-refractivity contribution in [1.82, 2.24) is 94.7 Å². The SMILES string of the molecule is Cc1ccc(CC(=O)c2cc(Oc3cncnc3)cc(C(F)F)n2)nc1.Cc1ccc(CC(=O)c2cc(Oc3cncnc3)cc(C)n2)nc1.Cc1ccc(CC(=O)c2cc(Oc3cncnc3)cc(C)n2)nc1.Cc1cccc(CC(=O)c2cc(Oc3cncc(F)c3)cc(C)n2)n1.Cc1cccc(CC(=O)c2cc(Oc3cncnc3)cc(C)n2)n1. The van der Waals surface area contributed by atoms with E-state index in [1.54, 1.807) is 117 Å². The topological polar surface area (TPSA) is 376 Å². The number of hydrogen-bond acceptors (Lipinski definition) is 29. The number of ether oxygens (including phenoxy) is 5. The summed E-state index contributed by atoms with van der Waals surface area (Å²) < 4.78 is 67.6. The maximum atomic E-state index is 13.2. The smallest absolute Gasteiger partial charge is 0.280 e. The lowest BCUT2D eigenvalue weighted by atomic mass is 10.1. The summed E-state index contributed by atoms with van der Waals surface area (Å²) in [5.41, 5.74) is 11.6. The molecule has 0 aliphatic rings. The van der Waals surface area contributed by atoms with Gasteiger partial charge in [-0.2, -0.15) is 0 Å². The first kappa shape index (κ1) is 87.9. The summed E-state index contributed by atoms with van der Waals surface area (Å²) >= 11 is 0. The number of carbonyl (C=O) groups is 5. The van der Waals surface area contributed by atoms with Gasteiger partial charge in [0.2, 0.25) is 0 Å². The molecule has 0 N–H and O–H groups in total. The van der Waals surface area contributed by atoms with E-state index in [0.717, 1.165) is 46.0 Å². The Morgan fingerprint density at radius 1 is 0.268 bits per heavy atom. The van der Waals surface area contributed by atoms with Crippen LogP contribution < -0.4 is 23.7 Å². The average molecular weight is 1650 g/mol. The summed E-state index contributed by atoms with van der Waals surface area (Å²) in [5.74, 6) is 2.65. The van der Waals surface area contributed by atoms with Crippen molar-refractivity contribution in [1.29, 1.82) is 0 Å². The third-order valence-electron chi connectivity index (χ3n) is 16.7. The summed E-state index contributed by atoms with van der Waals surface area (Å²) in [4.78, 5) is 139. The summed E-state index contributed by atoms with van der Waals surface area (Å²) in [7, 11) is 0. The normalized spacial score (nSPS) is 10.5. The van der Waals surface area contributed by atoms with E-state index in [-0.39, 0.29) is 83.9 Å². The van der Waals surface area contributed by atoms with E-state index in [0.29, 0.717) is 103 Å². The molecule has 0 aliphatic heterocycles. The van der Waals surface area contributed by atoms with Crippen molar-refractivity contribution in [2.45, 2.75) is 101 Å². The lowest BCUT2D eigenvalue weighted by Gasteiger charge is -2.09. The molecule has 29 nitrogen and oxygen atoms in total. The molecule has 0 bridgehead atoms. The molecule has 0 spiro atoms. The van der Waals surface area contributed by atoms with Gasteiger partial charge in [0.1, 0.15) is 99.8 Å². The van der Waals surface area contributed by atoms with Gasteiger partial charge in [0.15, 0.2) is 51.9 Å². The average Bonchev–Trinajstić information content (AvgIpc) is 0.867. The van der Waals surface area contributed by atoms with Crippen molar-refractivity contribution >= 4 is 28.9 Å². The van der Waals surface area contributed by atoms with Crippen LogP contribution in [0.25, 0.3) is 0 Å². The van der Waals surface area contributed by atoms with Crippen LogP contribution in [0, 0.1) is 68.1 Å². The number of pyridine rings is 11. The van der Waals surface area contributed by atoms with Crippen LogP contribution in [-0.2, 0) is 32.1 Å². The molecule has 0 atom stereocenters. The minimum absolute atomic E-state index is 0.0478. The van der Waals surface area contributed by atoms with Crippen molar-refractivity contribution in [2.75, 3.05) is 0 Å². The van der Waals surface area contributed by atoms with Gasteiger partial charge in [-0.1, -0.05) is 30.3 Å². The van der Waals surface area contributed by atoms with Gasteiger partial charge >= 0.3 is 0 Å². The van der Waals surface area contributed by atoms with E-state index in [4.69, 9.17) is 23.7 Å². The Morgan fingerprint density at radius 3 is 0.821 bits per heavy atom. The van der Waals surface area contributed by atoms with Crippen molar-refractivity contribution in [3.05, 3.63) is 365 Å². The fourth-order valence-corrected chi connectivity index (χ4v) is 11.2. The zero-order chi connectivity index (χ0) is 87.2. The number of rotatable bonds is 26.